The van der Waals surface area contributed by atoms with Crippen molar-refractivity contribution in [1.29, 1.82) is 0 Å². The predicted molar refractivity (Wildman–Crippen MR) is 55.2 cm³/mol. The largest absolute Gasteiger partial charge is 0.480 e. The molecule has 0 radical (unpaired) electrons. The normalized spacial score (nSPS) is 19.1. The Kier molecular flexibility index (Phi) is 3.74. The van der Waals surface area contributed by atoms with Crippen LogP contribution in [-0.4, -0.2) is 53.5 Å². The molecule has 0 bridgehead atoms. The average Bonchev–Trinajstić information content (AvgIpc) is 2.82. The molecule has 0 spiro atoms. The van der Waals surface area contributed by atoms with Gasteiger partial charge in [-0.1, -0.05) is 0 Å². The number of amides is 1. The summed E-state index contributed by atoms with van der Waals surface area (Å²) < 4.78 is 10.1. The molecule has 0 aliphatic carbocycles. The van der Waals surface area contributed by atoms with Crippen LogP contribution in [-0.2, 0) is 14.3 Å². The van der Waals surface area contributed by atoms with E-state index in [-0.39, 0.29) is 19.2 Å². The summed E-state index contributed by atoms with van der Waals surface area (Å²) in [5.74, 6) is -1.06. The first kappa shape index (κ1) is 12.8. The number of hydrogen-bond donors (Lipinski definition) is 1. The van der Waals surface area contributed by atoms with Gasteiger partial charge in [0.15, 0.2) is 0 Å². The zero-order valence-electron chi connectivity index (χ0n) is 9.73. The number of aliphatic carboxylic acids is 1. The second-order valence-electron chi connectivity index (χ2n) is 4.71. The molecule has 1 fully saturated rings. The van der Waals surface area contributed by atoms with Crippen LogP contribution >= 0.6 is 0 Å². The van der Waals surface area contributed by atoms with Gasteiger partial charge in [-0.3, -0.25) is 9.69 Å². The van der Waals surface area contributed by atoms with E-state index in [9.17, 15) is 9.59 Å². The van der Waals surface area contributed by atoms with E-state index in [0.29, 0.717) is 6.61 Å². The minimum Gasteiger partial charge on any atom is -0.480 e. The van der Waals surface area contributed by atoms with Crippen LogP contribution in [0.1, 0.15) is 20.8 Å². The number of epoxide rings is 1. The van der Waals surface area contributed by atoms with Crippen LogP contribution in [0.4, 0.5) is 4.79 Å². The number of rotatable bonds is 4. The lowest BCUT2D eigenvalue weighted by Crippen LogP contribution is -2.41. The SMILES string of the molecule is CC(C)(C)OC(=O)N(CC(=O)O)CC1CO1. The van der Waals surface area contributed by atoms with Crippen LogP contribution in [0.25, 0.3) is 0 Å². The van der Waals surface area contributed by atoms with Crippen molar-refractivity contribution in [3.05, 3.63) is 0 Å². The summed E-state index contributed by atoms with van der Waals surface area (Å²) in [6.45, 7) is 5.67. The Bertz CT molecular complexity index is 279. The van der Waals surface area contributed by atoms with Gasteiger partial charge >= 0.3 is 12.1 Å². The van der Waals surface area contributed by atoms with Gasteiger partial charge < -0.3 is 14.6 Å². The maximum atomic E-state index is 11.6. The fraction of sp³-hybridized carbons (Fsp3) is 0.800. The molecule has 1 heterocycles. The van der Waals surface area contributed by atoms with Gasteiger partial charge in [-0.15, -0.1) is 0 Å². The third-order valence-electron chi connectivity index (χ3n) is 1.80. The highest BCUT2D eigenvalue weighted by Gasteiger charge is 2.31. The lowest BCUT2D eigenvalue weighted by atomic mass is 10.2. The molecule has 0 aromatic rings. The van der Waals surface area contributed by atoms with Gasteiger partial charge in [0.25, 0.3) is 0 Å². The molecule has 6 nitrogen and oxygen atoms in total. The average molecular weight is 231 g/mol. The Morgan fingerprint density at radius 1 is 1.50 bits per heavy atom. The molecule has 1 aliphatic heterocycles. The zero-order chi connectivity index (χ0) is 12.3. The Labute approximate surface area is 94.1 Å². The van der Waals surface area contributed by atoms with Gasteiger partial charge in [0.2, 0.25) is 0 Å². The molecule has 1 unspecified atom stereocenters. The van der Waals surface area contributed by atoms with E-state index < -0.39 is 17.7 Å². The fourth-order valence-corrected chi connectivity index (χ4v) is 1.11. The van der Waals surface area contributed by atoms with Gasteiger partial charge in [0, 0.05) is 0 Å². The number of hydrogen-bond acceptors (Lipinski definition) is 4. The number of carboxylic acids is 1. The maximum Gasteiger partial charge on any atom is 0.410 e. The molecule has 1 N–H and O–H groups in total. The quantitative estimate of drug-likeness (QED) is 0.721. The Morgan fingerprint density at radius 3 is 2.44 bits per heavy atom. The second-order valence-corrected chi connectivity index (χ2v) is 4.71. The number of carboxylic acid groups (broad SMARTS) is 1. The molecule has 1 saturated heterocycles. The van der Waals surface area contributed by atoms with Crippen LogP contribution in [0.2, 0.25) is 0 Å². The first-order chi connectivity index (χ1) is 7.28. The van der Waals surface area contributed by atoms with Crippen molar-refractivity contribution in [3.63, 3.8) is 0 Å². The summed E-state index contributed by atoms with van der Waals surface area (Å²) in [6, 6.07) is 0. The van der Waals surface area contributed by atoms with Crippen molar-refractivity contribution in [2.24, 2.45) is 0 Å². The minimum atomic E-state index is -1.06. The Balaban J connectivity index is 2.52. The highest BCUT2D eigenvalue weighted by atomic mass is 16.6. The molecule has 0 aromatic carbocycles. The number of carbonyl (C=O) groups is 2. The van der Waals surface area contributed by atoms with Crippen molar-refractivity contribution >= 4 is 12.1 Å². The van der Waals surface area contributed by atoms with E-state index >= 15 is 0 Å². The van der Waals surface area contributed by atoms with Gasteiger partial charge in [-0.25, -0.2) is 4.79 Å². The lowest BCUT2D eigenvalue weighted by molar-refractivity contribution is -0.138. The summed E-state index contributed by atoms with van der Waals surface area (Å²) in [6.07, 6.45) is -0.669. The first-order valence-corrected chi connectivity index (χ1v) is 5.09. The zero-order valence-corrected chi connectivity index (χ0v) is 9.73. The maximum absolute atomic E-state index is 11.6. The topological polar surface area (TPSA) is 79.4 Å². The summed E-state index contributed by atoms with van der Waals surface area (Å²) in [5.41, 5.74) is -0.627. The molecule has 1 aliphatic rings. The summed E-state index contributed by atoms with van der Waals surface area (Å²) in [5, 5.41) is 8.67. The minimum absolute atomic E-state index is 0.0492. The number of nitrogens with zero attached hydrogens (tertiary/aromatic N) is 1. The lowest BCUT2D eigenvalue weighted by Gasteiger charge is -2.25. The predicted octanol–water partition coefficient (Wildman–Crippen LogP) is 0.707. The van der Waals surface area contributed by atoms with Gasteiger partial charge in [0.05, 0.1) is 19.3 Å². The Morgan fingerprint density at radius 2 is 2.06 bits per heavy atom. The summed E-state index contributed by atoms with van der Waals surface area (Å²) >= 11 is 0. The molecule has 0 saturated carbocycles. The van der Waals surface area contributed by atoms with Gasteiger partial charge in [-0.05, 0) is 20.8 Å². The highest BCUT2D eigenvalue weighted by molar-refractivity contribution is 5.76. The van der Waals surface area contributed by atoms with Crippen LogP contribution < -0.4 is 0 Å². The fourth-order valence-electron chi connectivity index (χ4n) is 1.11. The molecule has 1 rings (SSSR count). The third kappa shape index (κ3) is 4.97. The van der Waals surface area contributed by atoms with Crippen molar-refractivity contribution in [2.45, 2.75) is 32.5 Å². The second kappa shape index (κ2) is 4.69. The van der Waals surface area contributed by atoms with E-state index in [2.05, 4.69) is 0 Å². The van der Waals surface area contributed by atoms with Crippen molar-refractivity contribution in [1.82, 2.24) is 4.90 Å². The van der Waals surface area contributed by atoms with Crippen LogP contribution in [0.3, 0.4) is 0 Å². The Hall–Kier alpha value is -1.30. The molecule has 6 heteroatoms. The number of ether oxygens (including phenoxy) is 2. The van der Waals surface area contributed by atoms with E-state index in [1.807, 2.05) is 0 Å². The molecule has 1 amide bonds. The molecular weight excluding hydrogens is 214 g/mol. The van der Waals surface area contributed by atoms with Crippen LogP contribution in [0.15, 0.2) is 0 Å². The molecular formula is C10H17NO5. The standard InChI is InChI=1S/C10H17NO5/c1-10(2,3)16-9(14)11(5-8(12)13)4-7-6-15-7/h7H,4-6H2,1-3H3,(H,12,13). The van der Waals surface area contributed by atoms with E-state index in [1.165, 1.54) is 0 Å². The van der Waals surface area contributed by atoms with Crippen LogP contribution in [0.5, 0.6) is 0 Å². The molecule has 92 valence electrons. The first-order valence-electron chi connectivity index (χ1n) is 5.09. The van der Waals surface area contributed by atoms with E-state index in [0.717, 1.165) is 4.90 Å². The van der Waals surface area contributed by atoms with Gasteiger partial charge in [0.1, 0.15) is 12.1 Å². The highest BCUT2D eigenvalue weighted by Crippen LogP contribution is 2.14. The van der Waals surface area contributed by atoms with Crippen molar-refractivity contribution in [3.8, 4) is 0 Å². The van der Waals surface area contributed by atoms with Crippen molar-refractivity contribution < 1.29 is 24.2 Å². The van der Waals surface area contributed by atoms with Gasteiger partial charge in [-0.2, -0.15) is 0 Å². The molecule has 1 atom stereocenters. The monoisotopic (exact) mass is 231 g/mol. The smallest absolute Gasteiger partial charge is 0.410 e. The summed E-state index contributed by atoms with van der Waals surface area (Å²) in [7, 11) is 0. The molecule has 16 heavy (non-hydrogen) atoms. The van der Waals surface area contributed by atoms with Crippen molar-refractivity contribution in [2.75, 3.05) is 19.7 Å². The molecule has 0 aromatic heterocycles. The van der Waals surface area contributed by atoms with E-state index in [4.69, 9.17) is 14.6 Å². The van der Waals surface area contributed by atoms with Crippen LogP contribution in [0, 0.1) is 0 Å². The van der Waals surface area contributed by atoms with E-state index in [1.54, 1.807) is 20.8 Å². The number of carbonyl (C=O) groups excluding carboxylic acids is 1. The third-order valence-corrected chi connectivity index (χ3v) is 1.80. The summed E-state index contributed by atoms with van der Waals surface area (Å²) in [4.78, 5) is 23.4.